The Morgan fingerprint density at radius 1 is 0.353 bits per heavy atom. The topological polar surface area (TPSA) is 143 Å². The van der Waals surface area contributed by atoms with E-state index in [9.17, 15) is 0 Å². The van der Waals surface area contributed by atoms with Crippen LogP contribution in [0.1, 0.15) is 0 Å². The largest absolute Gasteiger partial charge is 2.00 e. The summed E-state index contributed by atoms with van der Waals surface area (Å²) >= 11 is 0. The molecule has 17 heavy (non-hydrogen) atoms. The van der Waals surface area contributed by atoms with Crippen molar-refractivity contribution in [2.45, 2.75) is 0 Å². The van der Waals surface area contributed by atoms with Crippen molar-refractivity contribution in [3.8, 4) is 0 Å². The van der Waals surface area contributed by atoms with E-state index < -0.39 is 0 Å². The van der Waals surface area contributed by atoms with Crippen LogP contribution in [0.25, 0.3) is 0 Å². The van der Waals surface area contributed by atoms with Crippen LogP contribution in [-0.2, 0) is 17.1 Å². The van der Waals surface area contributed by atoms with E-state index in [0.29, 0.717) is 0 Å². The summed E-state index contributed by atoms with van der Waals surface area (Å²) in [6, 6.07) is 0. The van der Waals surface area contributed by atoms with Crippen LogP contribution in [0.5, 0.6) is 0 Å². The van der Waals surface area contributed by atoms with Gasteiger partial charge in [0.15, 0.2) is 0 Å². The minimum absolute atomic E-state index is 0. The Hall–Kier alpha value is 2.73. The molecular weight excluding hydrogens is 336 g/mol. The first-order valence-corrected chi connectivity index (χ1v) is 1.34. The predicted octanol–water partition coefficient (Wildman–Crippen LogP) is -11.4. The van der Waals surface area contributed by atoms with E-state index in [1.807, 2.05) is 0 Å². The van der Waals surface area contributed by atoms with Gasteiger partial charge in [0.25, 0.3) is 0 Å². The molecule has 0 aromatic carbocycles. The second-order valence-corrected chi connectivity index (χ2v) is 0. The first kappa shape index (κ1) is 90.8. The van der Waals surface area contributed by atoms with Gasteiger partial charge < -0.3 is 71.0 Å². The maximum atomic E-state index is 6.25. The van der Waals surface area contributed by atoms with Gasteiger partial charge in [-0.05, 0) is 0 Å². The van der Waals surface area contributed by atoms with Crippen LogP contribution in [0.2, 0.25) is 0 Å². The molecule has 0 aromatic heterocycles. The molecule has 11 heteroatoms. The molecule has 0 aliphatic carbocycles. The van der Waals surface area contributed by atoms with Crippen molar-refractivity contribution in [1.29, 1.82) is 31.6 Å². The molecule has 0 N–H and O–H groups in total. The summed E-state index contributed by atoms with van der Waals surface area (Å²) < 4.78 is 0. The average Bonchev–Trinajstić information content (AvgIpc) is 2.33. The van der Waals surface area contributed by atoms with Gasteiger partial charge in [0.2, 0.25) is 0 Å². The molecule has 0 aliphatic heterocycles. The molecule has 0 saturated heterocycles. The van der Waals surface area contributed by atoms with E-state index in [4.69, 9.17) is 71.0 Å². The smallest absolute Gasteiger partial charge is 0.512 e. The summed E-state index contributed by atoms with van der Waals surface area (Å²) in [6.45, 7) is 28.5. The zero-order valence-electron chi connectivity index (χ0n) is 10.0. The third kappa shape index (κ3) is 703. The van der Waals surface area contributed by atoms with Crippen LogP contribution in [0, 0.1) is 71.0 Å². The van der Waals surface area contributed by atoms with Crippen LogP contribution >= 0.6 is 0 Å². The number of hydrogen-bond donors (Lipinski definition) is 0. The van der Waals surface area contributed by atoms with E-state index in [-0.39, 0.29) is 179 Å². The first-order chi connectivity index (χ1) is 6.00. The van der Waals surface area contributed by atoms with Crippen molar-refractivity contribution >= 4 is 0 Å². The molecular formula is C6FeK2N6Na2. The molecule has 0 spiro atoms. The molecule has 0 atom stereocenters. The van der Waals surface area contributed by atoms with Crippen molar-refractivity contribution in [2.24, 2.45) is 0 Å². The SMILES string of the molecule is [C-]#N.[C-]#N.[C-]#N.[C-]#N.[C-]#N.[C-]#N.[Fe+2].[K+].[K+].[Na+].[Na+]. The fourth-order valence-electron chi connectivity index (χ4n) is 0. The van der Waals surface area contributed by atoms with Crippen LogP contribution in [0.4, 0.5) is 0 Å². The monoisotopic (exact) mass is 336 g/mol. The van der Waals surface area contributed by atoms with Crippen molar-refractivity contribution in [3.63, 3.8) is 0 Å². The molecule has 0 amide bonds. The Morgan fingerprint density at radius 2 is 0.353 bits per heavy atom. The Morgan fingerprint density at radius 3 is 0.353 bits per heavy atom. The molecule has 0 rings (SSSR count). The van der Waals surface area contributed by atoms with Crippen LogP contribution in [-0.4, -0.2) is 0 Å². The Labute approximate surface area is 243 Å². The van der Waals surface area contributed by atoms with E-state index >= 15 is 0 Å². The molecule has 6 nitrogen and oxygen atoms in total. The Bertz CT molecular complexity index is 110. The standard InChI is InChI=1S/6CN.Fe.2K.2Na/c6*1-2;;;;;/q6*-1;+2;4*+1. The molecule has 0 bridgehead atoms. The van der Waals surface area contributed by atoms with Crippen molar-refractivity contribution in [2.75, 3.05) is 0 Å². The van der Waals surface area contributed by atoms with Crippen molar-refractivity contribution in [3.05, 3.63) is 39.4 Å². The van der Waals surface area contributed by atoms with Gasteiger partial charge in [-0.2, -0.15) is 0 Å². The van der Waals surface area contributed by atoms with Crippen molar-refractivity contribution in [1.82, 2.24) is 0 Å². The van der Waals surface area contributed by atoms with E-state index in [1.54, 1.807) is 0 Å². The minimum atomic E-state index is 0. The summed E-state index contributed by atoms with van der Waals surface area (Å²) in [5.74, 6) is 0. The maximum absolute atomic E-state index is 6.25. The second kappa shape index (κ2) is 789. The quantitative estimate of drug-likeness (QED) is 0.317. The van der Waals surface area contributed by atoms with Crippen LogP contribution < -0.4 is 162 Å². The van der Waals surface area contributed by atoms with Gasteiger partial charge in [-0.3, -0.25) is 0 Å². The minimum Gasteiger partial charge on any atom is -0.512 e. The van der Waals surface area contributed by atoms with Crippen molar-refractivity contribution < 1.29 is 179 Å². The van der Waals surface area contributed by atoms with E-state index in [2.05, 4.69) is 0 Å². The Kier molecular flexibility index (Phi) is 4210. The van der Waals surface area contributed by atoms with Gasteiger partial charge in [-0.15, -0.1) is 0 Å². The summed E-state index contributed by atoms with van der Waals surface area (Å²) in [6.07, 6.45) is 0. The van der Waals surface area contributed by atoms with E-state index in [0.717, 1.165) is 0 Å². The van der Waals surface area contributed by atoms with E-state index in [1.165, 1.54) is 0 Å². The summed E-state index contributed by atoms with van der Waals surface area (Å²) in [5, 5.41) is 37.5. The molecule has 0 aliphatic rings. The van der Waals surface area contributed by atoms with Gasteiger partial charge in [-0.1, -0.05) is 0 Å². The molecule has 66 valence electrons. The summed E-state index contributed by atoms with van der Waals surface area (Å²) in [5.41, 5.74) is 0. The van der Waals surface area contributed by atoms with Gasteiger partial charge in [0, 0.05) is 0 Å². The third-order valence-electron chi connectivity index (χ3n) is 0. The van der Waals surface area contributed by atoms with Gasteiger partial charge >= 0.3 is 179 Å². The Balaban J connectivity index is -0.00000000267. The molecule has 0 radical (unpaired) electrons. The molecule has 0 heterocycles. The molecule has 0 unspecified atom stereocenters. The number of rotatable bonds is 0. The van der Waals surface area contributed by atoms with Gasteiger partial charge in [-0.25, -0.2) is 0 Å². The zero-order valence-corrected chi connectivity index (χ0v) is 21.4. The number of nitrogens with zero attached hydrogens (tertiary/aromatic N) is 6. The molecule has 0 aromatic rings. The fraction of sp³-hybridized carbons (Fsp3) is 0. The van der Waals surface area contributed by atoms with Crippen LogP contribution in [0.3, 0.4) is 0 Å². The van der Waals surface area contributed by atoms with Gasteiger partial charge in [0.1, 0.15) is 0 Å². The normalized spacial score (nSPS) is 0.706. The third-order valence-corrected chi connectivity index (χ3v) is 0. The summed E-state index contributed by atoms with van der Waals surface area (Å²) in [7, 11) is 0. The average molecular weight is 336 g/mol. The molecule has 0 saturated carbocycles. The van der Waals surface area contributed by atoms with Crippen LogP contribution in [0.15, 0.2) is 0 Å². The summed E-state index contributed by atoms with van der Waals surface area (Å²) in [4.78, 5) is 0. The zero-order chi connectivity index (χ0) is 12.0. The molecule has 0 fully saturated rings. The van der Waals surface area contributed by atoms with Gasteiger partial charge in [0.05, 0.1) is 0 Å². The predicted molar refractivity (Wildman–Crippen MR) is 29.8 cm³/mol. The first-order valence-electron chi connectivity index (χ1n) is 1.34. The fourth-order valence-corrected chi connectivity index (χ4v) is 0. The number of hydrogen-bond acceptors (Lipinski definition) is 6. The second-order valence-electron chi connectivity index (χ2n) is 0. The maximum Gasteiger partial charge on any atom is 2.00 e.